The monoisotopic (exact) mass is 352 g/mol. The van der Waals surface area contributed by atoms with E-state index in [4.69, 9.17) is 4.74 Å². The quantitative estimate of drug-likeness (QED) is 0.794. The lowest BCUT2D eigenvalue weighted by Crippen LogP contribution is -2.37. The Balaban J connectivity index is 1.73. The Bertz CT molecular complexity index is 802. The minimum Gasteiger partial charge on any atom is -0.463 e. The van der Waals surface area contributed by atoms with Crippen LogP contribution in [0.15, 0.2) is 54.6 Å². The predicted octanol–water partition coefficient (Wildman–Crippen LogP) is 4.96. The molecule has 0 spiro atoms. The number of amides is 1. The van der Waals surface area contributed by atoms with Gasteiger partial charge < -0.3 is 9.84 Å². The number of hydrogen-bond acceptors (Lipinski definition) is 2. The van der Waals surface area contributed by atoms with E-state index in [1.807, 2.05) is 39.0 Å². The van der Waals surface area contributed by atoms with Crippen LogP contribution in [0.4, 0.5) is 4.79 Å². The molecule has 2 aromatic carbocycles. The summed E-state index contributed by atoms with van der Waals surface area (Å²) in [5.74, 6) is 0.102. The first kappa shape index (κ1) is 18.2. The van der Waals surface area contributed by atoms with Gasteiger partial charge in [0.25, 0.3) is 0 Å². The molecule has 4 heteroatoms. The highest BCUT2D eigenvalue weighted by atomic mass is 16.6. The van der Waals surface area contributed by atoms with Gasteiger partial charge in [0.15, 0.2) is 6.04 Å². The Morgan fingerprint density at radius 2 is 1.69 bits per heavy atom. The van der Waals surface area contributed by atoms with Crippen molar-refractivity contribution >= 4 is 12.0 Å². The van der Waals surface area contributed by atoms with Gasteiger partial charge in [-0.1, -0.05) is 59.2 Å². The van der Waals surface area contributed by atoms with E-state index in [0.717, 1.165) is 12.0 Å². The third-order valence-corrected chi connectivity index (χ3v) is 4.47. The molecule has 0 saturated carbocycles. The molecule has 0 aliphatic carbocycles. The number of aliphatic hydroxyl groups excluding tert-OH is 1. The average molecular weight is 352 g/mol. The second kappa shape index (κ2) is 7.32. The van der Waals surface area contributed by atoms with Crippen LogP contribution < -0.4 is 0 Å². The summed E-state index contributed by atoms with van der Waals surface area (Å²) in [5.41, 5.74) is 2.90. The van der Waals surface area contributed by atoms with Crippen molar-refractivity contribution in [2.75, 3.05) is 0 Å². The van der Waals surface area contributed by atoms with E-state index >= 15 is 0 Å². The molecule has 1 aliphatic heterocycles. The summed E-state index contributed by atoms with van der Waals surface area (Å²) in [6.07, 6.45) is 1.47. The number of hydrogen-bond donors (Lipinski definition) is 1. The molecule has 4 nitrogen and oxygen atoms in total. The van der Waals surface area contributed by atoms with E-state index in [1.54, 1.807) is 0 Å². The first-order chi connectivity index (χ1) is 12.3. The Morgan fingerprint density at radius 3 is 2.31 bits per heavy atom. The van der Waals surface area contributed by atoms with Gasteiger partial charge in [-0.05, 0) is 37.5 Å². The fraction of sp³-hybridized carbons (Fsp3) is 0.364. The predicted molar refractivity (Wildman–Crippen MR) is 103 cm³/mol. The maximum absolute atomic E-state index is 12.4. The van der Waals surface area contributed by atoms with Crippen molar-refractivity contribution in [1.82, 2.24) is 0 Å². The lowest BCUT2D eigenvalue weighted by atomic mass is 10.00. The van der Waals surface area contributed by atoms with Crippen molar-refractivity contribution in [2.24, 2.45) is 0 Å². The number of carbonyl (C=O) groups is 1. The molecular formula is C22H26NO3+. The summed E-state index contributed by atoms with van der Waals surface area (Å²) >= 11 is 0. The highest BCUT2D eigenvalue weighted by Crippen LogP contribution is 2.23. The van der Waals surface area contributed by atoms with Gasteiger partial charge in [-0.25, -0.2) is 0 Å². The summed E-state index contributed by atoms with van der Waals surface area (Å²) in [4.78, 5) is 12.4. The zero-order valence-corrected chi connectivity index (χ0v) is 15.6. The molecule has 136 valence electrons. The van der Waals surface area contributed by atoms with E-state index in [9.17, 15) is 9.90 Å². The van der Waals surface area contributed by atoms with Gasteiger partial charge in [-0.3, -0.25) is 0 Å². The van der Waals surface area contributed by atoms with Crippen molar-refractivity contribution in [3.8, 4) is 11.1 Å². The molecule has 0 unspecified atom stereocenters. The van der Waals surface area contributed by atoms with E-state index < -0.39 is 11.7 Å². The Hall–Kier alpha value is -2.62. The van der Waals surface area contributed by atoms with Crippen LogP contribution in [0.5, 0.6) is 0 Å². The Morgan fingerprint density at radius 1 is 1.08 bits per heavy atom. The van der Waals surface area contributed by atoms with Gasteiger partial charge in [0.05, 0.1) is 6.42 Å². The van der Waals surface area contributed by atoms with Crippen molar-refractivity contribution in [1.29, 1.82) is 0 Å². The van der Waals surface area contributed by atoms with Crippen LogP contribution in [0.2, 0.25) is 0 Å². The molecule has 1 aliphatic rings. The summed E-state index contributed by atoms with van der Waals surface area (Å²) in [6, 6.07) is 18.5. The van der Waals surface area contributed by atoms with Gasteiger partial charge in [-0.15, -0.1) is 0 Å². The van der Waals surface area contributed by atoms with Crippen LogP contribution in [-0.2, 0) is 11.2 Å². The van der Waals surface area contributed by atoms with Crippen molar-refractivity contribution in [3.63, 3.8) is 0 Å². The summed E-state index contributed by atoms with van der Waals surface area (Å²) in [6.45, 7) is 5.49. The molecule has 26 heavy (non-hydrogen) atoms. The molecule has 1 amide bonds. The van der Waals surface area contributed by atoms with E-state index in [-0.39, 0.29) is 11.9 Å². The largest absolute Gasteiger partial charge is 0.600 e. The smallest absolute Gasteiger partial charge is 0.463 e. The van der Waals surface area contributed by atoms with Crippen molar-refractivity contribution in [3.05, 3.63) is 60.2 Å². The Kier molecular flexibility index (Phi) is 5.12. The molecule has 0 aromatic heterocycles. The highest BCUT2D eigenvalue weighted by Gasteiger charge is 2.41. The zero-order chi connectivity index (χ0) is 18.7. The number of rotatable bonds is 3. The summed E-state index contributed by atoms with van der Waals surface area (Å²) in [7, 11) is 0. The molecule has 0 bridgehead atoms. The maximum Gasteiger partial charge on any atom is 0.600 e. The third kappa shape index (κ3) is 4.31. The van der Waals surface area contributed by atoms with Gasteiger partial charge in [0.1, 0.15) is 5.60 Å². The standard InChI is InChI=1S/C22H25NO3/c1-22(2,3)26-21(25)23-19(13-14-20(23)24)15-16-9-11-18(12-10-16)17-7-5-4-6-8-17/h4-12,19H,13-15H2,1-3H3/p+1/t19-/m0/s1. The van der Waals surface area contributed by atoms with Crippen molar-refractivity contribution in [2.45, 2.75) is 51.7 Å². The van der Waals surface area contributed by atoms with Crippen LogP contribution in [0.1, 0.15) is 39.2 Å². The van der Waals surface area contributed by atoms with Crippen LogP contribution in [0, 0.1) is 0 Å². The first-order valence-electron chi connectivity index (χ1n) is 9.05. The summed E-state index contributed by atoms with van der Waals surface area (Å²) < 4.78 is 6.86. The highest BCUT2D eigenvalue weighted by molar-refractivity contribution is 5.77. The molecule has 3 rings (SSSR count). The van der Waals surface area contributed by atoms with E-state index in [0.29, 0.717) is 12.8 Å². The fourth-order valence-electron chi connectivity index (χ4n) is 3.25. The molecule has 1 atom stereocenters. The second-order valence-corrected chi connectivity index (χ2v) is 7.73. The normalized spacial score (nSPS) is 17.4. The van der Waals surface area contributed by atoms with E-state index in [1.165, 1.54) is 15.7 Å². The number of carbonyl (C=O) groups excluding carboxylic acids is 1. The fourth-order valence-corrected chi connectivity index (χ4v) is 3.25. The molecule has 0 fully saturated rings. The minimum atomic E-state index is -0.582. The summed E-state index contributed by atoms with van der Waals surface area (Å²) in [5, 5.41) is 10.1. The second-order valence-electron chi connectivity index (χ2n) is 7.73. The van der Waals surface area contributed by atoms with Crippen LogP contribution in [-0.4, -0.2) is 33.3 Å². The number of nitrogens with zero attached hydrogens (tertiary/aromatic N) is 1. The first-order valence-corrected chi connectivity index (χ1v) is 9.05. The molecule has 2 aromatic rings. The van der Waals surface area contributed by atoms with Crippen molar-refractivity contribution < 1.29 is 19.2 Å². The molecule has 1 heterocycles. The number of aliphatic hydroxyl groups is 1. The number of benzene rings is 2. The van der Waals surface area contributed by atoms with E-state index in [2.05, 4.69) is 36.4 Å². The van der Waals surface area contributed by atoms with Crippen LogP contribution in [0.3, 0.4) is 0 Å². The molecule has 0 radical (unpaired) electrons. The van der Waals surface area contributed by atoms with Gasteiger partial charge in [0, 0.05) is 12.8 Å². The zero-order valence-electron chi connectivity index (χ0n) is 15.6. The van der Waals surface area contributed by atoms with Crippen LogP contribution >= 0.6 is 0 Å². The topological polar surface area (TPSA) is 49.5 Å². The molecule has 0 saturated heterocycles. The van der Waals surface area contributed by atoms with Gasteiger partial charge >= 0.3 is 12.0 Å². The number of ether oxygens (including phenoxy) is 1. The minimum absolute atomic E-state index is 0.0765. The van der Waals surface area contributed by atoms with Crippen LogP contribution in [0.25, 0.3) is 11.1 Å². The van der Waals surface area contributed by atoms with Gasteiger partial charge in [-0.2, -0.15) is 4.79 Å². The lowest BCUT2D eigenvalue weighted by molar-refractivity contribution is -0.489. The average Bonchev–Trinajstić information content (AvgIpc) is 2.95. The third-order valence-electron chi connectivity index (χ3n) is 4.47. The lowest BCUT2D eigenvalue weighted by Gasteiger charge is -2.18. The molecular weight excluding hydrogens is 326 g/mol. The Labute approximate surface area is 154 Å². The maximum atomic E-state index is 12.4. The molecule has 1 N–H and O–H groups in total. The SMILES string of the molecule is CC(C)(C)OC(=O)[N+]1=C(O)CC[C@H]1Cc1ccc(-c2ccccc2)cc1. The van der Waals surface area contributed by atoms with Gasteiger partial charge in [0.2, 0.25) is 0 Å².